The van der Waals surface area contributed by atoms with Crippen molar-refractivity contribution < 1.29 is 0 Å². The molecule has 0 fully saturated rings. The number of rotatable bonds is 3. The van der Waals surface area contributed by atoms with Crippen molar-refractivity contribution in [3.05, 3.63) is 59.2 Å². The van der Waals surface area contributed by atoms with Crippen molar-refractivity contribution in [2.24, 2.45) is 5.92 Å². The Kier molecular flexibility index (Phi) is 3.21. The van der Waals surface area contributed by atoms with Gasteiger partial charge >= 0.3 is 0 Å². The molecule has 0 saturated heterocycles. The molecule has 0 radical (unpaired) electrons. The summed E-state index contributed by atoms with van der Waals surface area (Å²) >= 11 is 0. The highest BCUT2D eigenvalue weighted by atomic mass is 15.0. The molecule has 22 heavy (non-hydrogen) atoms. The molecule has 0 spiro atoms. The van der Waals surface area contributed by atoms with Crippen LogP contribution in [0.1, 0.15) is 49.8 Å². The Bertz CT molecular complexity index is 709. The summed E-state index contributed by atoms with van der Waals surface area (Å²) in [7, 11) is 0. The Morgan fingerprint density at radius 3 is 3.00 bits per heavy atom. The molecule has 2 aliphatic carbocycles. The zero-order chi connectivity index (χ0) is 15.2. The summed E-state index contributed by atoms with van der Waals surface area (Å²) in [5.74, 6) is 0.680. The fourth-order valence-electron chi connectivity index (χ4n) is 4.63. The second-order valence-corrected chi connectivity index (χ2v) is 7.26. The molecule has 114 valence electrons. The Morgan fingerprint density at radius 2 is 2.23 bits per heavy atom. The monoisotopic (exact) mass is 292 g/mol. The average molecular weight is 292 g/mol. The maximum absolute atomic E-state index is 4.18. The number of allylic oxidation sites excluding steroid dienone is 1. The first-order chi connectivity index (χ1) is 10.7. The van der Waals surface area contributed by atoms with Crippen molar-refractivity contribution in [3.8, 4) is 0 Å². The number of aromatic nitrogens is 2. The van der Waals surface area contributed by atoms with Crippen molar-refractivity contribution >= 4 is 6.08 Å². The zero-order valence-corrected chi connectivity index (χ0v) is 13.5. The molecule has 2 aromatic rings. The Hall–Kier alpha value is -1.83. The largest absolute Gasteiger partial charge is 0.333 e. The minimum atomic E-state index is 0.342. The molecule has 0 saturated carbocycles. The van der Waals surface area contributed by atoms with E-state index in [1.54, 1.807) is 16.7 Å². The fraction of sp³-hybridized carbons (Fsp3) is 0.450. The van der Waals surface area contributed by atoms with Crippen LogP contribution in [0.15, 0.2) is 42.5 Å². The predicted molar refractivity (Wildman–Crippen MR) is 90.7 cm³/mol. The van der Waals surface area contributed by atoms with Gasteiger partial charge < -0.3 is 4.57 Å². The lowest BCUT2D eigenvalue weighted by atomic mass is 9.58. The molecular formula is C20H24N2. The average Bonchev–Trinajstić information content (AvgIpc) is 3.00. The third kappa shape index (κ3) is 2.05. The summed E-state index contributed by atoms with van der Waals surface area (Å²) in [6.45, 7) is 5.79. The zero-order valence-electron chi connectivity index (χ0n) is 13.5. The van der Waals surface area contributed by atoms with E-state index < -0.39 is 0 Å². The van der Waals surface area contributed by atoms with Crippen LogP contribution in [-0.4, -0.2) is 9.55 Å². The van der Waals surface area contributed by atoms with E-state index in [4.69, 9.17) is 0 Å². The van der Waals surface area contributed by atoms with Crippen LogP contribution in [0, 0.1) is 5.92 Å². The van der Waals surface area contributed by atoms with Gasteiger partial charge in [-0.1, -0.05) is 38.1 Å². The first-order valence-electron chi connectivity index (χ1n) is 8.46. The van der Waals surface area contributed by atoms with Crippen molar-refractivity contribution in [1.29, 1.82) is 0 Å². The normalized spacial score (nSPS) is 23.3. The van der Waals surface area contributed by atoms with Crippen LogP contribution in [0.4, 0.5) is 0 Å². The molecule has 1 heterocycles. The van der Waals surface area contributed by atoms with E-state index in [-0.39, 0.29) is 0 Å². The Labute approximate surface area is 132 Å². The Balaban J connectivity index is 1.83. The van der Waals surface area contributed by atoms with E-state index in [1.165, 1.54) is 31.2 Å². The van der Waals surface area contributed by atoms with E-state index in [0.29, 0.717) is 11.3 Å². The van der Waals surface area contributed by atoms with Crippen LogP contribution in [0.5, 0.6) is 0 Å². The van der Waals surface area contributed by atoms with Crippen molar-refractivity contribution in [1.82, 2.24) is 9.55 Å². The molecule has 1 unspecified atom stereocenters. The third-order valence-electron chi connectivity index (χ3n) is 5.70. The Morgan fingerprint density at radius 1 is 1.32 bits per heavy atom. The summed E-state index contributed by atoms with van der Waals surface area (Å²) in [5.41, 5.74) is 6.60. The number of benzene rings is 1. The van der Waals surface area contributed by atoms with Crippen LogP contribution in [0.25, 0.3) is 6.08 Å². The molecule has 2 aliphatic rings. The van der Waals surface area contributed by atoms with Gasteiger partial charge in [0.1, 0.15) is 0 Å². The molecular weight excluding hydrogens is 268 g/mol. The van der Waals surface area contributed by atoms with Crippen molar-refractivity contribution in [2.75, 3.05) is 0 Å². The van der Waals surface area contributed by atoms with Gasteiger partial charge in [-0.05, 0) is 53.9 Å². The molecule has 4 rings (SSSR count). The molecule has 2 heteroatoms. The first-order valence-corrected chi connectivity index (χ1v) is 8.46. The quantitative estimate of drug-likeness (QED) is 0.808. The first kappa shape index (κ1) is 13.8. The SMILES string of the molecule is CC(C)C12CCCc3cccc(c31)C=C(Cn1ccnc1)C2. The molecule has 0 amide bonds. The second kappa shape index (κ2) is 5.12. The van der Waals surface area contributed by atoms with Gasteiger partial charge in [0.05, 0.1) is 6.33 Å². The maximum Gasteiger partial charge on any atom is 0.0948 e. The third-order valence-corrected chi connectivity index (χ3v) is 5.70. The summed E-state index contributed by atoms with van der Waals surface area (Å²) in [4.78, 5) is 4.18. The van der Waals surface area contributed by atoms with Crippen molar-refractivity contribution in [2.45, 2.75) is 51.5 Å². The van der Waals surface area contributed by atoms with Crippen LogP contribution < -0.4 is 0 Å². The second-order valence-electron chi connectivity index (χ2n) is 7.26. The lowest BCUT2D eigenvalue weighted by Gasteiger charge is -2.46. The highest BCUT2D eigenvalue weighted by Gasteiger charge is 2.42. The lowest BCUT2D eigenvalue weighted by molar-refractivity contribution is 0.253. The van der Waals surface area contributed by atoms with Crippen LogP contribution in [0.3, 0.4) is 0 Å². The highest BCUT2D eigenvalue weighted by molar-refractivity contribution is 5.65. The van der Waals surface area contributed by atoms with E-state index in [2.05, 4.69) is 53.9 Å². The van der Waals surface area contributed by atoms with Crippen LogP contribution in [-0.2, 0) is 18.4 Å². The van der Waals surface area contributed by atoms with E-state index >= 15 is 0 Å². The van der Waals surface area contributed by atoms with Crippen LogP contribution in [0.2, 0.25) is 0 Å². The molecule has 1 atom stereocenters. The van der Waals surface area contributed by atoms with E-state index in [0.717, 1.165) is 6.54 Å². The van der Waals surface area contributed by atoms with Crippen molar-refractivity contribution in [3.63, 3.8) is 0 Å². The predicted octanol–water partition coefficient (Wildman–Crippen LogP) is 4.60. The molecule has 0 aliphatic heterocycles. The van der Waals surface area contributed by atoms with Gasteiger partial charge in [-0.15, -0.1) is 0 Å². The van der Waals surface area contributed by atoms with Gasteiger partial charge in [-0.25, -0.2) is 4.98 Å². The molecule has 1 aromatic heterocycles. The van der Waals surface area contributed by atoms with Gasteiger partial charge in [0, 0.05) is 24.4 Å². The molecule has 0 bridgehead atoms. The van der Waals surface area contributed by atoms with Gasteiger partial charge in [-0.3, -0.25) is 0 Å². The fourth-order valence-corrected chi connectivity index (χ4v) is 4.63. The van der Waals surface area contributed by atoms with Crippen LogP contribution >= 0.6 is 0 Å². The lowest BCUT2D eigenvalue weighted by Crippen LogP contribution is -2.39. The maximum atomic E-state index is 4.18. The van der Waals surface area contributed by atoms with E-state index in [1.807, 2.05) is 12.5 Å². The van der Waals surface area contributed by atoms with Gasteiger partial charge in [0.15, 0.2) is 0 Å². The number of imidazole rings is 1. The van der Waals surface area contributed by atoms with Gasteiger partial charge in [0.25, 0.3) is 0 Å². The van der Waals surface area contributed by atoms with E-state index in [9.17, 15) is 0 Å². The number of hydrogen-bond acceptors (Lipinski definition) is 1. The summed E-state index contributed by atoms with van der Waals surface area (Å²) < 4.78 is 2.19. The molecule has 0 N–H and O–H groups in total. The number of aryl methyl sites for hydroxylation is 1. The topological polar surface area (TPSA) is 17.8 Å². The van der Waals surface area contributed by atoms with Gasteiger partial charge in [-0.2, -0.15) is 0 Å². The smallest absolute Gasteiger partial charge is 0.0948 e. The molecule has 2 nitrogen and oxygen atoms in total. The minimum absolute atomic E-state index is 0.342. The molecule has 1 aromatic carbocycles. The number of nitrogens with zero attached hydrogens (tertiary/aromatic N) is 2. The van der Waals surface area contributed by atoms with Gasteiger partial charge in [0.2, 0.25) is 0 Å². The standard InChI is InChI=1S/C20H24N2/c1-15(2)20-8-4-7-17-5-3-6-18(19(17)20)11-16(12-20)13-22-10-9-21-14-22/h3,5-6,9-11,14-15H,4,7-8,12-13H2,1-2H3. The summed E-state index contributed by atoms with van der Waals surface area (Å²) in [5, 5.41) is 0. The summed E-state index contributed by atoms with van der Waals surface area (Å²) in [6.07, 6.45) is 13.4. The number of hydrogen-bond donors (Lipinski definition) is 0. The summed E-state index contributed by atoms with van der Waals surface area (Å²) in [6, 6.07) is 6.90. The highest BCUT2D eigenvalue weighted by Crippen LogP contribution is 2.51. The minimum Gasteiger partial charge on any atom is -0.333 e.